The maximum Gasteiger partial charge on any atom is 0.386 e. The van der Waals surface area contributed by atoms with Gasteiger partial charge in [0.1, 0.15) is 6.10 Å². The van der Waals surface area contributed by atoms with Gasteiger partial charge in [-0.15, -0.1) is 6.58 Å². The third-order valence-corrected chi connectivity index (χ3v) is 9.42. The first-order valence-electron chi connectivity index (χ1n) is 8.74. The van der Waals surface area contributed by atoms with E-state index in [4.69, 9.17) is 13.9 Å². The van der Waals surface area contributed by atoms with Gasteiger partial charge in [-0.1, -0.05) is 80.2 Å². The van der Waals surface area contributed by atoms with Crippen molar-refractivity contribution in [1.29, 1.82) is 0 Å². The molecule has 3 nitrogen and oxygen atoms in total. The van der Waals surface area contributed by atoms with E-state index in [-0.39, 0.29) is 22.3 Å². The molecule has 130 valence electrons. The molecule has 0 aromatic heterocycles. The summed E-state index contributed by atoms with van der Waals surface area (Å²) in [4.78, 5) is 5.78. The zero-order chi connectivity index (χ0) is 17.0. The Morgan fingerprint density at radius 1 is 1.00 bits per heavy atom. The van der Waals surface area contributed by atoms with Crippen LogP contribution in [-0.4, -0.2) is 20.8 Å². The molecule has 1 fully saturated rings. The molecule has 0 bridgehead atoms. The van der Waals surface area contributed by atoms with Gasteiger partial charge < -0.3 is 4.43 Å². The van der Waals surface area contributed by atoms with Crippen LogP contribution in [0.25, 0.3) is 0 Å². The van der Waals surface area contributed by atoms with Gasteiger partial charge in [0.05, 0.1) is 6.10 Å². The summed E-state index contributed by atoms with van der Waals surface area (Å²) >= 11 is 0. The molecule has 0 radical (unpaired) electrons. The predicted octanol–water partition coefficient (Wildman–Crippen LogP) is 5.90. The lowest BCUT2D eigenvalue weighted by molar-refractivity contribution is -0.312. The van der Waals surface area contributed by atoms with Crippen LogP contribution in [0.15, 0.2) is 12.7 Å². The van der Waals surface area contributed by atoms with Crippen molar-refractivity contribution in [2.45, 2.75) is 103 Å². The highest BCUT2D eigenvalue weighted by Crippen LogP contribution is 2.54. The van der Waals surface area contributed by atoms with Crippen LogP contribution in [0.1, 0.15) is 80.6 Å². The molecule has 0 saturated carbocycles. The third kappa shape index (κ3) is 4.22. The third-order valence-electron chi connectivity index (χ3n) is 4.51. The van der Waals surface area contributed by atoms with E-state index >= 15 is 0 Å². The van der Waals surface area contributed by atoms with Crippen molar-refractivity contribution in [3.05, 3.63) is 12.7 Å². The lowest BCUT2D eigenvalue weighted by Gasteiger charge is -2.53. The fourth-order valence-corrected chi connectivity index (χ4v) is 7.82. The number of hydrogen-bond acceptors (Lipinski definition) is 3. The first-order valence-corrected chi connectivity index (χ1v) is 10.6. The fraction of sp³-hybridized carbons (Fsp3) is 0.889. The summed E-state index contributed by atoms with van der Waals surface area (Å²) < 4.78 is 12.7. The average Bonchev–Trinajstić information content (AvgIpc) is 2.41. The second-order valence-corrected chi connectivity index (χ2v) is 13.1. The molecule has 0 amide bonds. The summed E-state index contributed by atoms with van der Waals surface area (Å²) in [5.41, 5.74) is 0. The normalized spacial score (nSPS) is 26.0. The molecule has 0 unspecified atom stereocenters. The van der Waals surface area contributed by atoms with E-state index in [0.717, 1.165) is 6.42 Å². The van der Waals surface area contributed by atoms with Gasteiger partial charge in [-0.3, -0.25) is 0 Å². The van der Waals surface area contributed by atoms with Crippen molar-refractivity contribution >= 4 is 8.56 Å². The molecule has 1 aliphatic rings. The first kappa shape index (κ1) is 19.9. The second-order valence-electron chi connectivity index (χ2n) is 8.50. The molecule has 2 atom stereocenters. The van der Waals surface area contributed by atoms with Crippen molar-refractivity contribution in [3.63, 3.8) is 0 Å². The van der Waals surface area contributed by atoms with Crippen LogP contribution in [0.3, 0.4) is 0 Å². The zero-order valence-electron chi connectivity index (χ0n) is 15.7. The van der Waals surface area contributed by atoms with Gasteiger partial charge in [-0.25, -0.2) is 9.46 Å². The molecule has 1 rings (SSSR count). The Kier molecular flexibility index (Phi) is 6.87. The molecule has 1 saturated heterocycles. The van der Waals surface area contributed by atoms with Crippen LogP contribution in [-0.2, 0) is 13.9 Å². The highest BCUT2D eigenvalue weighted by molar-refractivity contribution is 6.73. The minimum absolute atomic E-state index is 0.0565. The number of hydrogen-bond donors (Lipinski definition) is 0. The van der Waals surface area contributed by atoms with Crippen LogP contribution in [0.2, 0.25) is 10.1 Å². The number of rotatable bonds is 6. The van der Waals surface area contributed by atoms with Crippen molar-refractivity contribution in [1.82, 2.24) is 0 Å². The van der Waals surface area contributed by atoms with E-state index in [1.54, 1.807) is 0 Å². The molecule has 1 heterocycles. The van der Waals surface area contributed by atoms with Crippen molar-refractivity contribution in [3.8, 4) is 0 Å². The van der Waals surface area contributed by atoms with Crippen molar-refractivity contribution in [2.24, 2.45) is 0 Å². The van der Waals surface area contributed by atoms with E-state index in [2.05, 4.69) is 55.0 Å². The van der Waals surface area contributed by atoms with E-state index in [1.807, 2.05) is 6.08 Å². The summed E-state index contributed by atoms with van der Waals surface area (Å²) in [6.45, 7) is 19.3. The lowest BCUT2D eigenvalue weighted by atomic mass is 10.1. The molecule has 0 aliphatic carbocycles. The highest BCUT2D eigenvalue weighted by atomic mass is 28.4. The van der Waals surface area contributed by atoms with Crippen LogP contribution in [0.4, 0.5) is 0 Å². The predicted molar refractivity (Wildman–Crippen MR) is 95.0 cm³/mol. The Labute approximate surface area is 138 Å². The Hall–Kier alpha value is -0.163. The summed E-state index contributed by atoms with van der Waals surface area (Å²) in [6, 6.07) is 0. The maximum absolute atomic E-state index is 6.71. The van der Waals surface area contributed by atoms with Crippen LogP contribution >= 0.6 is 0 Å². The van der Waals surface area contributed by atoms with Gasteiger partial charge in [0.25, 0.3) is 0 Å². The van der Waals surface area contributed by atoms with Gasteiger partial charge in [0.2, 0.25) is 0 Å². The standard InChI is InChI=1S/C18H36O3Si/c1-9-11-12-13-14-16-15(10-2)19-21-22(20-16,17(3,4)5)18(6,7)8/h10,15-16H,2,9,11-14H2,1,3-8H3/t15-,16-/m1/s1. The summed E-state index contributed by atoms with van der Waals surface area (Å²) in [6.07, 6.45) is 7.68. The quantitative estimate of drug-likeness (QED) is 0.263. The monoisotopic (exact) mass is 328 g/mol. The Morgan fingerprint density at radius 2 is 1.59 bits per heavy atom. The lowest BCUT2D eigenvalue weighted by Crippen LogP contribution is -2.63. The Balaban J connectivity index is 2.92. The van der Waals surface area contributed by atoms with E-state index in [0.29, 0.717) is 0 Å². The molecule has 0 aromatic carbocycles. The summed E-state index contributed by atoms with van der Waals surface area (Å²) in [5.74, 6) is 0. The fourth-order valence-electron chi connectivity index (χ4n) is 3.40. The molecule has 22 heavy (non-hydrogen) atoms. The van der Waals surface area contributed by atoms with E-state index in [9.17, 15) is 0 Å². The number of unbranched alkanes of at least 4 members (excludes halogenated alkanes) is 3. The minimum Gasteiger partial charge on any atom is -0.386 e. The van der Waals surface area contributed by atoms with Crippen molar-refractivity contribution in [2.75, 3.05) is 0 Å². The van der Waals surface area contributed by atoms with Gasteiger partial charge in [-0.05, 0) is 6.42 Å². The molecule has 0 N–H and O–H groups in total. The maximum atomic E-state index is 6.71. The smallest absolute Gasteiger partial charge is 0.386 e. The largest absolute Gasteiger partial charge is 0.386 e. The van der Waals surface area contributed by atoms with Gasteiger partial charge in [0, 0.05) is 10.1 Å². The van der Waals surface area contributed by atoms with E-state index < -0.39 is 8.56 Å². The molecular formula is C18H36O3Si. The minimum atomic E-state index is -2.55. The van der Waals surface area contributed by atoms with Crippen molar-refractivity contribution < 1.29 is 13.9 Å². The molecule has 4 heteroatoms. The van der Waals surface area contributed by atoms with Gasteiger partial charge in [0.15, 0.2) is 0 Å². The molecule has 1 aliphatic heterocycles. The first-order chi connectivity index (χ1) is 10.1. The van der Waals surface area contributed by atoms with Crippen LogP contribution in [0.5, 0.6) is 0 Å². The Morgan fingerprint density at radius 3 is 2.05 bits per heavy atom. The Bertz CT molecular complexity index is 340. The van der Waals surface area contributed by atoms with Gasteiger partial charge in [-0.2, -0.15) is 0 Å². The SMILES string of the molecule is C=C[C@H]1OO[Si](C(C)(C)C)(C(C)(C)C)O[C@@H]1CCCCCC. The van der Waals surface area contributed by atoms with E-state index in [1.165, 1.54) is 25.7 Å². The summed E-state index contributed by atoms with van der Waals surface area (Å²) in [5, 5.41) is -0.113. The second kappa shape index (κ2) is 7.60. The van der Waals surface area contributed by atoms with Crippen LogP contribution in [0, 0.1) is 0 Å². The van der Waals surface area contributed by atoms with Crippen LogP contribution < -0.4 is 0 Å². The van der Waals surface area contributed by atoms with Gasteiger partial charge >= 0.3 is 8.56 Å². The highest BCUT2D eigenvalue weighted by Gasteiger charge is 2.63. The zero-order valence-corrected chi connectivity index (χ0v) is 16.7. The summed E-state index contributed by atoms with van der Waals surface area (Å²) in [7, 11) is -2.55. The molecule has 0 spiro atoms. The average molecular weight is 329 g/mol. The topological polar surface area (TPSA) is 27.7 Å². The molecule has 0 aromatic rings. The molecular weight excluding hydrogens is 292 g/mol.